The third-order valence-corrected chi connectivity index (χ3v) is 2.15. The Morgan fingerprint density at radius 1 is 1.06 bits per heavy atom. The molecule has 0 heterocycles. The molecule has 0 aliphatic heterocycles. The van der Waals surface area contributed by atoms with Crippen molar-refractivity contribution in [2.75, 3.05) is 13.2 Å². The van der Waals surface area contributed by atoms with Crippen molar-refractivity contribution < 1.29 is 9.47 Å². The minimum absolute atomic E-state index is 0.175. The predicted octanol–water partition coefficient (Wildman–Crippen LogP) is 2.59. The summed E-state index contributed by atoms with van der Waals surface area (Å²) in [6.45, 7) is 7.27. The molecule has 0 aromatic heterocycles. The molecule has 0 fully saturated rings. The maximum absolute atomic E-state index is 5.86. The molecule has 16 heavy (non-hydrogen) atoms. The van der Waals surface area contributed by atoms with Gasteiger partial charge in [-0.3, -0.25) is 0 Å². The SMILES string of the molecule is CCOc1ccc(OCCC(C)(C)N)cc1. The first-order valence-electron chi connectivity index (χ1n) is 5.66. The molecule has 0 spiro atoms. The van der Waals surface area contributed by atoms with E-state index in [1.54, 1.807) is 0 Å². The minimum atomic E-state index is -0.175. The number of hydrogen-bond acceptors (Lipinski definition) is 3. The van der Waals surface area contributed by atoms with Crippen molar-refractivity contribution in [3.63, 3.8) is 0 Å². The van der Waals surface area contributed by atoms with E-state index in [2.05, 4.69) is 0 Å². The largest absolute Gasteiger partial charge is 0.494 e. The number of hydrogen-bond donors (Lipinski definition) is 1. The summed E-state index contributed by atoms with van der Waals surface area (Å²) >= 11 is 0. The van der Waals surface area contributed by atoms with E-state index < -0.39 is 0 Å². The number of ether oxygens (including phenoxy) is 2. The molecule has 1 aromatic carbocycles. The molecule has 3 heteroatoms. The third-order valence-electron chi connectivity index (χ3n) is 2.15. The smallest absolute Gasteiger partial charge is 0.119 e. The molecular weight excluding hydrogens is 202 g/mol. The number of benzene rings is 1. The maximum Gasteiger partial charge on any atom is 0.119 e. The molecule has 0 saturated heterocycles. The van der Waals surface area contributed by atoms with Crippen LogP contribution < -0.4 is 15.2 Å². The Balaban J connectivity index is 2.37. The molecule has 0 atom stereocenters. The lowest BCUT2D eigenvalue weighted by molar-refractivity contribution is 0.273. The lowest BCUT2D eigenvalue weighted by atomic mass is 10.0. The van der Waals surface area contributed by atoms with Crippen molar-refractivity contribution in [2.24, 2.45) is 5.73 Å². The van der Waals surface area contributed by atoms with Crippen molar-refractivity contribution in [1.29, 1.82) is 0 Å². The van der Waals surface area contributed by atoms with E-state index in [-0.39, 0.29) is 5.54 Å². The second-order valence-electron chi connectivity index (χ2n) is 4.49. The van der Waals surface area contributed by atoms with Gasteiger partial charge in [0.25, 0.3) is 0 Å². The van der Waals surface area contributed by atoms with Crippen LogP contribution in [0.4, 0.5) is 0 Å². The zero-order valence-corrected chi connectivity index (χ0v) is 10.3. The molecule has 1 rings (SSSR count). The van der Waals surface area contributed by atoms with E-state index in [1.165, 1.54) is 0 Å². The van der Waals surface area contributed by atoms with Crippen LogP contribution in [-0.2, 0) is 0 Å². The quantitative estimate of drug-likeness (QED) is 0.806. The van der Waals surface area contributed by atoms with E-state index in [9.17, 15) is 0 Å². The average Bonchev–Trinajstić information content (AvgIpc) is 2.19. The highest BCUT2D eigenvalue weighted by Crippen LogP contribution is 2.18. The molecule has 0 unspecified atom stereocenters. The second kappa shape index (κ2) is 5.75. The van der Waals surface area contributed by atoms with Crippen molar-refractivity contribution in [2.45, 2.75) is 32.7 Å². The topological polar surface area (TPSA) is 44.5 Å². The Kier molecular flexibility index (Phi) is 4.62. The van der Waals surface area contributed by atoms with Crippen LogP contribution in [0.1, 0.15) is 27.2 Å². The Labute approximate surface area is 97.6 Å². The fraction of sp³-hybridized carbons (Fsp3) is 0.538. The lowest BCUT2D eigenvalue weighted by Crippen LogP contribution is -2.33. The Bertz CT molecular complexity index is 301. The van der Waals surface area contributed by atoms with Crippen LogP contribution in [0.15, 0.2) is 24.3 Å². The van der Waals surface area contributed by atoms with Gasteiger partial charge in [0.1, 0.15) is 11.5 Å². The molecule has 1 aromatic rings. The van der Waals surface area contributed by atoms with E-state index >= 15 is 0 Å². The summed E-state index contributed by atoms with van der Waals surface area (Å²) in [5, 5.41) is 0. The van der Waals surface area contributed by atoms with Crippen LogP contribution in [0.3, 0.4) is 0 Å². The summed E-state index contributed by atoms with van der Waals surface area (Å²) in [5.41, 5.74) is 5.69. The van der Waals surface area contributed by atoms with Crippen LogP contribution in [0, 0.1) is 0 Å². The summed E-state index contributed by atoms with van der Waals surface area (Å²) in [4.78, 5) is 0. The minimum Gasteiger partial charge on any atom is -0.494 e. The lowest BCUT2D eigenvalue weighted by Gasteiger charge is -2.18. The number of nitrogens with two attached hydrogens (primary N) is 1. The average molecular weight is 223 g/mol. The monoisotopic (exact) mass is 223 g/mol. The molecular formula is C13H21NO2. The highest BCUT2D eigenvalue weighted by atomic mass is 16.5. The highest BCUT2D eigenvalue weighted by molar-refractivity contribution is 5.31. The van der Waals surface area contributed by atoms with Gasteiger partial charge in [-0.1, -0.05) is 0 Å². The standard InChI is InChI=1S/C13H21NO2/c1-4-15-11-5-7-12(8-6-11)16-10-9-13(2,3)14/h5-8H,4,9-10,14H2,1-3H3. The van der Waals surface area contributed by atoms with Gasteiger partial charge in [-0.2, -0.15) is 0 Å². The molecule has 0 saturated carbocycles. The van der Waals surface area contributed by atoms with Gasteiger partial charge in [-0.25, -0.2) is 0 Å². The van der Waals surface area contributed by atoms with Crippen LogP contribution in [0.5, 0.6) is 11.5 Å². The van der Waals surface area contributed by atoms with Gasteiger partial charge < -0.3 is 15.2 Å². The first-order valence-corrected chi connectivity index (χ1v) is 5.66. The van der Waals surface area contributed by atoms with Crippen LogP contribution >= 0.6 is 0 Å². The van der Waals surface area contributed by atoms with Gasteiger partial charge in [0.05, 0.1) is 13.2 Å². The first-order chi connectivity index (χ1) is 7.51. The van der Waals surface area contributed by atoms with Gasteiger partial charge in [0.15, 0.2) is 0 Å². The van der Waals surface area contributed by atoms with E-state index in [0.29, 0.717) is 13.2 Å². The summed E-state index contributed by atoms with van der Waals surface area (Å²) in [6.07, 6.45) is 0.834. The molecule has 0 aliphatic rings. The van der Waals surface area contributed by atoms with Crippen LogP contribution in [-0.4, -0.2) is 18.8 Å². The Hall–Kier alpha value is -1.22. The zero-order valence-electron chi connectivity index (χ0n) is 10.3. The van der Waals surface area contributed by atoms with Crippen molar-refractivity contribution in [3.8, 4) is 11.5 Å². The van der Waals surface area contributed by atoms with Crippen molar-refractivity contribution in [3.05, 3.63) is 24.3 Å². The predicted molar refractivity (Wildman–Crippen MR) is 66.0 cm³/mol. The molecule has 0 bridgehead atoms. The fourth-order valence-corrected chi connectivity index (χ4v) is 1.23. The van der Waals surface area contributed by atoms with Gasteiger partial charge in [0.2, 0.25) is 0 Å². The van der Waals surface area contributed by atoms with Gasteiger partial charge in [-0.15, -0.1) is 0 Å². The summed E-state index contributed by atoms with van der Waals surface area (Å²) in [5.74, 6) is 1.72. The van der Waals surface area contributed by atoms with Crippen LogP contribution in [0.25, 0.3) is 0 Å². The van der Waals surface area contributed by atoms with E-state index in [0.717, 1.165) is 17.9 Å². The Morgan fingerprint density at radius 2 is 1.56 bits per heavy atom. The molecule has 3 nitrogen and oxygen atoms in total. The van der Waals surface area contributed by atoms with Gasteiger partial charge in [0, 0.05) is 5.54 Å². The normalized spacial score (nSPS) is 11.2. The van der Waals surface area contributed by atoms with Crippen molar-refractivity contribution >= 4 is 0 Å². The van der Waals surface area contributed by atoms with Crippen molar-refractivity contribution in [1.82, 2.24) is 0 Å². The maximum atomic E-state index is 5.86. The third kappa shape index (κ3) is 5.03. The second-order valence-corrected chi connectivity index (χ2v) is 4.49. The molecule has 2 N–H and O–H groups in total. The first kappa shape index (κ1) is 12.8. The molecule has 0 aliphatic carbocycles. The zero-order chi connectivity index (χ0) is 12.0. The highest BCUT2D eigenvalue weighted by Gasteiger charge is 2.10. The summed E-state index contributed by atoms with van der Waals surface area (Å²) in [6, 6.07) is 7.64. The summed E-state index contributed by atoms with van der Waals surface area (Å²) < 4.78 is 10.9. The van der Waals surface area contributed by atoms with Crippen LogP contribution in [0.2, 0.25) is 0 Å². The fourth-order valence-electron chi connectivity index (χ4n) is 1.23. The molecule has 0 radical (unpaired) electrons. The summed E-state index contributed by atoms with van der Waals surface area (Å²) in [7, 11) is 0. The molecule has 90 valence electrons. The number of rotatable bonds is 6. The van der Waals surface area contributed by atoms with E-state index in [4.69, 9.17) is 15.2 Å². The molecule has 0 amide bonds. The Morgan fingerprint density at radius 3 is 2.00 bits per heavy atom. The van der Waals surface area contributed by atoms with E-state index in [1.807, 2.05) is 45.0 Å². The van der Waals surface area contributed by atoms with Gasteiger partial charge in [-0.05, 0) is 51.5 Å². The van der Waals surface area contributed by atoms with Gasteiger partial charge >= 0.3 is 0 Å².